The van der Waals surface area contributed by atoms with Gasteiger partial charge in [0.05, 0.1) is 24.2 Å². The van der Waals surface area contributed by atoms with Gasteiger partial charge in [0.25, 0.3) is 0 Å². The summed E-state index contributed by atoms with van der Waals surface area (Å²) in [5, 5.41) is 0. The molecule has 0 amide bonds. The first-order chi connectivity index (χ1) is 9.25. The molecule has 2 aromatic rings. The van der Waals surface area contributed by atoms with Gasteiger partial charge >= 0.3 is 0 Å². The summed E-state index contributed by atoms with van der Waals surface area (Å²) < 4.78 is 7.51. The van der Waals surface area contributed by atoms with Crippen molar-refractivity contribution in [1.29, 1.82) is 0 Å². The second-order valence-corrected chi connectivity index (χ2v) is 5.09. The molecule has 102 valence electrons. The van der Waals surface area contributed by atoms with Crippen LogP contribution in [0.5, 0.6) is 0 Å². The molecule has 5 heteroatoms. The molecule has 3 rings (SSSR count). The number of ether oxygens (including phenoxy) is 1. The molecule has 1 fully saturated rings. The van der Waals surface area contributed by atoms with E-state index in [9.17, 15) is 0 Å². The Morgan fingerprint density at radius 2 is 2.05 bits per heavy atom. The molecule has 1 aliphatic heterocycles. The Morgan fingerprint density at radius 3 is 2.84 bits per heavy atom. The Hall–Kier alpha value is -1.59. The van der Waals surface area contributed by atoms with Gasteiger partial charge in [-0.2, -0.15) is 0 Å². The predicted octanol–water partition coefficient (Wildman–Crippen LogP) is 1.51. The zero-order valence-corrected chi connectivity index (χ0v) is 11.2. The summed E-state index contributed by atoms with van der Waals surface area (Å²) >= 11 is 0. The van der Waals surface area contributed by atoms with E-state index in [1.165, 1.54) is 0 Å². The number of hydrogen-bond donors (Lipinski definition) is 1. The molecule has 0 aliphatic carbocycles. The van der Waals surface area contributed by atoms with Crippen LogP contribution in [0.3, 0.4) is 0 Å². The summed E-state index contributed by atoms with van der Waals surface area (Å²) in [6.07, 6.45) is 0. The minimum Gasteiger partial charge on any atom is -0.379 e. The van der Waals surface area contributed by atoms with Crippen LogP contribution < -0.4 is 5.73 Å². The number of fused-ring (bicyclic) bond motifs is 1. The Kier molecular flexibility index (Phi) is 3.40. The molecule has 0 spiro atoms. The maximum atomic E-state index is 6.07. The molecule has 0 radical (unpaired) electrons. The highest BCUT2D eigenvalue weighted by molar-refractivity contribution is 5.78. The van der Waals surface area contributed by atoms with Gasteiger partial charge in [-0.05, 0) is 19.1 Å². The third-order valence-corrected chi connectivity index (χ3v) is 3.69. The molecule has 1 unspecified atom stereocenters. The number of rotatable bonds is 3. The van der Waals surface area contributed by atoms with E-state index in [-0.39, 0.29) is 0 Å². The molecule has 1 aromatic heterocycles. The largest absolute Gasteiger partial charge is 0.379 e. The summed E-state index contributed by atoms with van der Waals surface area (Å²) in [6.45, 7) is 6.82. The van der Waals surface area contributed by atoms with Crippen molar-refractivity contribution in [3.05, 3.63) is 24.3 Å². The monoisotopic (exact) mass is 260 g/mol. The molecule has 1 aromatic carbocycles. The summed E-state index contributed by atoms with van der Waals surface area (Å²) in [5.41, 5.74) is 8.15. The summed E-state index contributed by atoms with van der Waals surface area (Å²) in [4.78, 5) is 6.84. The number of nitrogens with two attached hydrogens (primary N) is 1. The van der Waals surface area contributed by atoms with Crippen LogP contribution in [-0.2, 0) is 4.74 Å². The average Bonchev–Trinajstić information content (AvgIpc) is 2.75. The number of benzene rings is 1. The summed E-state index contributed by atoms with van der Waals surface area (Å²) in [7, 11) is 0. The highest BCUT2D eigenvalue weighted by Gasteiger charge is 2.18. The SMILES string of the molecule is CC(CN1CCOCC1)n1c(N)nc2ccccc21. The van der Waals surface area contributed by atoms with Crippen molar-refractivity contribution in [1.82, 2.24) is 14.5 Å². The number of nitrogen functional groups attached to an aromatic ring is 1. The first kappa shape index (κ1) is 12.4. The van der Waals surface area contributed by atoms with E-state index in [1.807, 2.05) is 18.2 Å². The topological polar surface area (TPSA) is 56.3 Å². The van der Waals surface area contributed by atoms with Gasteiger partial charge in [0.15, 0.2) is 0 Å². The zero-order valence-electron chi connectivity index (χ0n) is 11.2. The van der Waals surface area contributed by atoms with E-state index in [1.54, 1.807) is 0 Å². The Bertz CT molecular complexity index is 560. The first-order valence-electron chi connectivity index (χ1n) is 6.78. The molecular weight excluding hydrogens is 240 g/mol. The number of aromatic nitrogens is 2. The molecule has 19 heavy (non-hydrogen) atoms. The standard InChI is InChI=1S/C14H20N4O/c1-11(10-17-6-8-19-9-7-17)18-13-5-3-2-4-12(13)16-14(18)15/h2-5,11H,6-10H2,1H3,(H2,15,16). The fourth-order valence-corrected chi connectivity index (χ4v) is 2.77. The second-order valence-electron chi connectivity index (χ2n) is 5.09. The Labute approximate surface area is 113 Å². The first-order valence-corrected chi connectivity index (χ1v) is 6.78. The van der Waals surface area contributed by atoms with Crippen LogP contribution in [0.1, 0.15) is 13.0 Å². The lowest BCUT2D eigenvalue weighted by molar-refractivity contribution is 0.0329. The van der Waals surface area contributed by atoms with Gasteiger partial charge in [0, 0.05) is 25.7 Å². The van der Waals surface area contributed by atoms with E-state index >= 15 is 0 Å². The van der Waals surface area contributed by atoms with Crippen LogP contribution in [0, 0.1) is 0 Å². The molecule has 1 atom stereocenters. The summed E-state index contributed by atoms with van der Waals surface area (Å²) in [5.74, 6) is 0.599. The average molecular weight is 260 g/mol. The van der Waals surface area contributed by atoms with Crippen molar-refractivity contribution in [2.45, 2.75) is 13.0 Å². The van der Waals surface area contributed by atoms with Crippen LogP contribution in [0.25, 0.3) is 11.0 Å². The van der Waals surface area contributed by atoms with Crippen molar-refractivity contribution in [3.63, 3.8) is 0 Å². The van der Waals surface area contributed by atoms with E-state index in [2.05, 4.69) is 27.4 Å². The van der Waals surface area contributed by atoms with E-state index < -0.39 is 0 Å². The fourth-order valence-electron chi connectivity index (χ4n) is 2.77. The maximum Gasteiger partial charge on any atom is 0.201 e. The van der Waals surface area contributed by atoms with Gasteiger partial charge in [0.1, 0.15) is 0 Å². The lowest BCUT2D eigenvalue weighted by Gasteiger charge is -2.30. The van der Waals surface area contributed by atoms with Crippen LogP contribution in [-0.4, -0.2) is 47.3 Å². The van der Waals surface area contributed by atoms with Crippen LogP contribution in [0.2, 0.25) is 0 Å². The number of hydrogen-bond acceptors (Lipinski definition) is 4. The number of morpholine rings is 1. The van der Waals surface area contributed by atoms with E-state index in [0.717, 1.165) is 43.9 Å². The van der Waals surface area contributed by atoms with E-state index in [4.69, 9.17) is 10.5 Å². The minimum absolute atomic E-state index is 0.311. The molecule has 5 nitrogen and oxygen atoms in total. The van der Waals surface area contributed by atoms with Crippen LogP contribution in [0.4, 0.5) is 5.95 Å². The number of nitrogens with zero attached hydrogens (tertiary/aromatic N) is 3. The Morgan fingerprint density at radius 1 is 1.32 bits per heavy atom. The molecule has 0 saturated carbocycles. The molecule has 2 heterocycles. The molecule has 0 bridgehead atoms. The Balaban J connectivity index is 1.84. The molecule has 2 N–H and O–H groups in total. The van der Waals surface area contributed by atoms with Crippen molar-refractivity contribution in [2.75, 3.05) is 38.6 Å². The zero-order chi connectivity index (χ0) is 13.2. The highest BCUT2D eigenvalue weighted by Crippen LogP contribution is 2.23. The molecular formula is C14H20N4O. The lowest BCUT2D eigenvalue weighted by atomic mass is 10.2. The van der Waals surface area contributed by atoms with Gasteiger partial charge < -0.3 is 15.0 Å². The van der Waals surface area contributed by atoms with Gasteiger partial charge in [-0.25, -0.2) is 4.98 Å². The van der Waals surface area contributed by atoms with Gasteiger partial charge in [-0.1, -0.05) is 12.1 Å². The third-order valence-electron chi connectivity index (χ3n) is 3.69. The normalized spacial score (nSPS) is 18.8. The van der Waals surface area contributed by atoms with Crippen LogP contribution in [0.15, 0.2) is 24.3 Å². The smallest absolute Gasteiger partial charge is 0.201 e. The number of imidazole rings is 1. The van der Waals surface area contributed by atoms with Gasteiger partial charge in [-0.15, -0.1) is 0 Å². The predicted molar refractivity (Wildman–Crippen MR) is 76.1 cm³/mol. The highest BCUT2D eigenvalue weighted by atomic mass is 16.5. The van der Waals surface area contributed by atoms with E-state index in [0.29, 0.717) is 12.0 Å². The molecule has 1 saturated heterocycles. The fraction of sp³-hybridized carbons (Fsp3) is 0.500. The summed E-state index contributed by atoms with van der Waals surface area (Å²) in [6, 6.07) is 8.41. The lowest BCUT2D eigenvalue weighted by Crippen LogP contribution is -2.39. The quantitative estimate of drug-likeness (QED) is 0.909. The van der Waals surface area contributed by atoms with Crippen LogP contribution >= 0.6 is 0 Å². The van der Waals surface area contributed by atoms with Crippen molar-refractivity contribution < 1.29 is 4.74 Å². The van der Waals surface area contributed by atoms with Gasteiger partial charge in [0.2, 0.25) is 5.95 Å². The maximum absolute atomic E-state index is 6.07. The van der Waals surface area contributed by atoms with Crippen molar-refractivity contribution in [3.8, 4) is 0 Å². The number of para-hydroxylation sites is 2. The number of anilines is 1. The minimum atomic E-state index is 0.311. The van der Waals surface area contributed by atoms with Gasteiger partial charge in [-0.3, -0.25) is 4.90 Å². The molecule has 1 aliphatic rings. The second kappa shape index (κ2) is 5.19. The third kappa shape index (κ3) is 2.43. The van der Waals surface area contributed by atoms with Crippen molar-refractivity contribution in [2.24, 2.45) is 0 Å². The van der Waals surface area contributed by atoms with Crippen molar-refractivity contribution >= 4 is 17.0 Å².